The maximum atomic E-state index is 10.6. The molecule has 2 aromatic heterocycles. The summed E-state index contributed by atoms with van der Waals surface area (Å²) in [4.78, 5) is 14.1. The quantitative estimate of drug-likeness (QED) is 0.574. The summed E-state index contributed by atoms with van der Waals surface area (Å²) in [6.45, 7) is 0.468. The monoisotopic (exact) mass is 313 g/mol. The molecule has 1 N–H and O–H groups in total. The molecule has 0 amide bonds. The van der Waals surface area contributed by atoms with E-state index in [4.69, 9.17) is 0 Å². The molecule has 7 nitrogen and oxygen atoms in total. The molecule has 0 aliphatic carbocycles. The first-order chi connectivity index (χ1) is 10.7. The molecular weight excluding hydrogens is 302 g/mol. The minimum absolute atomic E-state index is 0.0344. The van der Waals surface area contributed by atoms with Crippen LogP contribution >= 0.6 is 11.3 Å². The molecule has 0 fully saturated rings. The van der Waals surface area contributed by atoms with Crippen LogP contribution in [0.5, 0.6) is 0 Å². The summed E-state index contributed by atoms with van der Waals surface area (Å²) in [5, 5.41) is 23.6. The lowest BCUT2D eigenvalue weighted by Gasteiger charge is -2.01. The van der Waals surface area contributed by atoms with Crippen molar-refractivity contribution in [3.05, 3.63) is 63.8 Å². The van der Waals surface area contributed by atoms with E-state index in [0.717, 1.165) is 15.6 Å². The number of hydrogen-bond donors (Lipinski definition) is 1. The highest BCUT2D eigenvalue weighted by Crippen LogP contribution is 2.23. The number of pyridine rings is 1. The summed E-state index contributed by atoms with van der Waals surface area (Å²) < 4.78 is 0. The Hall–Kier alpha value is -2.87. The summed E-state index contributed by atoms with van der Waals surface area (Å²) in [7, 11) is 0. The van der Waals surface area contributed by atoms with Crippen molar-refractivity contribution in [2.75, 3.05) is 5.32 Å². The average Bonchev–Trinajstić information content (AvgIpc) is 3.03. The van der Waals surface area contributed by atoms with Crippen molar-refractivity contribution in [1.29, 1.82) is 0 Å². The predicted molar refractivity (Wildman–Crippen MR) is 83.6 cm³/mol. The van der Waals surface area contributed by atoms with E-state index in [9.17, 15) is 10.1 Å². The molecule has 0 aliphatic rings. The molecule has 0 atom stereocenters. The lowest BCUT2D eigenvalue weighted by atomic mass is 10.2. The molecule has 8 heteroatoms. The zero-order valence-electron chi connectivity index (χ0n) is 11.3. The normalized spacial score (nSPS) is 10.4. The Morgan fingerprint density at radius 1 is 1.14 bits per heavy atom. The number of benzene rings is 1. The first kappa shape index (κ1) is 14.1. The number of nitro groups is 1. The Morgan fingerprint density at radius 3 is 2.64 bits per heavy atom. The maximum Gasteiger partial charge on any atom is 0.287 e. The number of nitrogens with zero attached hydrogens (tertiary/aromatic N) is 4. The van der Waals surface area contributed by atoms with Gasteiger partial charge in [0, 0.05) is 11.6 Å². The lowest BCUT2D eigenvalue weighted by molar-refractivity contribution is -0.385. The second-order valence-corrected chi connectivity index (χ2v) is 5.44. The largest absolute Gasteiger partial charge is 0.363 e. The van der Waals surface area contributed by atoms with Crippen LogP contribution in [0.25, 0.3) is 10.6 Å². The van der Waals surface area contributed by atoms with E-state index in [1.807, 2.05) is 30.3 Å². The topological polar surface area (TPSA) is 93.8 Å². The molecule has 0 spiro atoms. The Balaban J connectivity index is 1.65. The van der Waals surface area contributed by atoms with E-state index in [2.05, 4.69) is 20.5 Å². The van der Waals surface area contributed by atoms with Gasteiger partial charge in [0.2, 0.25) is 0 Å². The lowest BCUT2D eigenvalue weighted by Crippen LogP contribution is -2.01. The Labute approximate surface area is 129 Å². The third-order valence-corrected chi connectivity index (χ3v) is 3.84. The van der Waals surface area contributed by atoms with Gasteiger partial charge in [-0.3, -0.25) is 10.1 Å². The van der Waals surface area contributed by atoms with Gasteiger partial charge in [0.1, 0.15) is 22.0 Å². The summed E-state index contributed by atoms with van der Waals surface area (Å²) in [6.07, 6.45) is 1.22. The van der Waals surface area contributed by atoms with Gasteiger partial charge < -0.3 is 5.32 Å². The van der Waals surface area contributed by atoms with Crippen molar-refractivity contribution in [2.24, 2.45) is 0 Å². The summed E-state index contributed by atoms with van der Waals surface area (Å²) in [5.74, 6) is 0.557. The third-order valence-electron chi connectivity index (χ3n) is 2.87. The zero-order valence-corrected chi connectivity index (χ0v) is 12.2. The molecule has 3 aromatic rings. The van der Waals surface area contributed by atoms with Crippen LogP contribution in [0.1, 0.15) is 5.01 Å². The fourth-order valence-electron chi connectivity index (χ4n) is 1.79. The SMILES string of the molecule is O=[N+]([O-])c1ccc(NCc2nnc(-c3ccccc3)s2)nc1. The second-order valence-electron chi connectivity index (χ2n) is 4.38. The predicted octanol–water partition coefficient (Wildman–Crippen LogP) is 3.12. The molecule has 110 valence electrons. The molecule has 0 unspecified atom stereocenters. The fourth-order valence-corrected chi connectivity index (χ4v) is 2.57. The Morgan fingerprint density at radius 2 is 1.95 bits per heavy atom. The van der Waals surface area contributed by atoms with Crippen LogP contribution in [0.15, 0.2) is 48.7 Å². The molecule has 2 heterocycles. The van der Waals surface area contributed by atoms with Gasteiger partial charge in [-0.05, 0) is 6.07 Å². The van der Waals surface area contributed by atoms with Gasteiger partial charge in [0.05, 0.1) is 11.5 Å². The number of rotatable bonds is 5. The van der Waals surface area contributed by atoms with Gasteiger partial charge in [-0.25, -0.2) is 4.98 Å². The first-order valence-corrected chi connectivity index (χ1v) is 7.26. The van der Waals surface area contributed by atoms with Crippen molar-refractivity contribution in [3.63, 3.8) is 0 Å². The Kier molecular flexibility index (Phi) is 4.01. The highest BCUT2D eigenvalue weighted by atomic mass is 32.1. The molecule has 1 aromatic carbocycles. The molecular formula is C14H11N5O2S. The van der Waals surface area contributed by atoms with Crippen LogP contribution < -0.4 is 5.32 Å². The summed E-state index contributed by atoms with van der Waals surface area (Å²) >= 11 is 1.49. The number of aromatic nitrogens is 3. The minimum atomic E-state index is -0.479. The van der Waals surface area contributed by atoms with Gasteiger partial charge in [0.15, 0.2) is 0 Å². The summed E-state index contributed by atoms with van der Waals surface area (Å²) in [6, 6.07) is 12.8. The smallest absolute Gasteiger partial charge is 0.287 e. The highest BCUT2D eigenvalue weighted by Gasteiger charge is 2.08. The third kappa shape index (κ3) is 3.23. The molecule has 22 heavy (non-hydrogen) atoms. The van der Waals surface area contributed by atoms with Crippen LogP contribution in [-0.2, 0) is 6.54 Å². The van der Waals surface area contributed by atoms with Crippen LogP contribution in [-0.4, -0.2) is 20.1 Å². The maximum absolute atomic E-state index is 10.6. The van der Waals surface area contributed by atoms with Crippen molar-refractivity contribution < 1.29 is 4.92 Å². The minimum Gasteiger partial charge on any atom is -0.363 e. The van der Waals surface area contributed by atoms with E-state index < -0.39 is 4.92 Å². The van der Waals surface area contributed by atoms with Crippen LogP contribution in [0.2, 0.25) is 0 Å². The first-order valence-electron chi connectivity index (χ1n) is 6.44. The highest BCUT2D eigenvalue weighted by molar-refractivity contribution is 7.14. The van der Waals surface area contributed by atoms with Crippen LogP contribution in [0.3, 0.4) is 0 Å². The number of hydrogen-bond acceptors (Lipinski definition) is 7. The molecule has 0 saturated carbocycles. The van der Waals surface area contributed by atoms with Gasteiger partial charge in [0.25, 0.3) is 5.69 Å². The standard InChI is InChI=1S/C14H11N5O2S/c20-19(21)11-6-7-12(15-8-11)16-9-13-17-18-14(22-13)10-4-2-1-3-5-10/h1-8H,9H2,(H,15,16). The van der Waals surface area contributed by atoms with E-state index >= 15 is 0 Å². The molecule has 0 aliphatic heterocycles. The van der Waals surface area contributed by atoms with E-state index in [-0.39, 0.29) is 5.69 Å². The Bertz CT molecular complexity index is 773. The second kappa shape index (κ2) is 6.27. The summed E-state index contributed by atoms with van der Waals surface area (Å²) in [5.41, 5.74) is 0.993. The van der Waals surface area contributed by atoms with Crippen LogP contribution in [0.4, 0.5) is 11.5 Å². The van der Waals surface area contributed by atoms with Gasteiger partial charge in [-0.15, -0.1) is 10.2 Å². The molecule has 0 bridgehead atoms. The van der Waals surface area contributed by atoms with Crippen molar-refractivity contribution >= 4 is 22.8 Å². The van der Waals surface area contributed by atoms with E-state index in [0.29, 0.717) is 12.4 Å². The van der Waals surface area contributed by atoms with E-state index in [1.165, 1.54) is 23.6 Å². The van der Waals surface area contributed by atoms with Crippen LogP contribution in [0, 0.1) is 10.1 Å². The average molecular weight is 313 g/mol. The van der Waals surface area contributed by atoms with Crippen molar-refractivity contribution in [2.45, 2.75) is 6.54 Å². The zero-order chi connectivity index (χ0) is 15.4. The van der Waals surface area contributed by atoms with Gasteiger partial charge in [-0.1, -0.05) is 41.7 Å². The molecule has 0 saturated heterocycles. The number of anilines is 1. The van der Waals surface area contributed by atoms with Gasteiger partial charge >= 0.3 is 0 Å². The molecule has 0 radical (unpaired) electrons. The fraction of sp³-hybridized carbons (Fsp3) is 0.0714. The van der Waals surface area contributed by atoms with Crippen molar-refractivity contribution in [1.82, 2.24) is 15.2 Å². The molecule has 3 rings (SSSR count). The van der Waals surface area contributed by atoms with Gasteiger partial charge in [-0.2, -0.15) is 0 Å². The number of nitrogens with one attached hydrogen (secondary N) is 1. The van der Waals surface area contributed by atoms with Crippen molar-refractivity contribution in [3.8, 4) is 10.6 Å². The van der Waals surface area contributed by atoms with E-state index in [1.54, 1.807) is 6.07 Å².